The number of amides is 1. The van der Waals surface area contributed by atoms with Crippen LogP contribution in [0.15, 0.2) is 33.7 Å². The van der Waals surface area contributed by atoms with Gasteiger partial charge in [0.2, 0.25) is 5.76 Å². The number of rotatable bonds is 4. The highest BCUT2D eigenvalue weighted by atomic mass is 32.2. The number of nitrogens with two attached hydrogens (primary N) is 1. The maximum Gasteiger partial charge on any atom is 0.287 e. The number of carbonyl (C=O) groups excluding carboxylic acids is 1. The van der Waals surface area contributed by atoms with Crippen LogP contribution in [0, 0.1) is 5.41 Å². The molecule has 0 aliphatic rings. The molecule has 6 nitrogen and oxygen atoms in total. The largest absolute Gasteiger partial charge is 0.363 e. The molecule has 21 heavy (non-hydrogen) atoms. The summed E-state index contributed by atoms with van der Waals surface area (Å²) in [4.78, 5) is 13.8. The van der Waals surface area contributed by atoms with Crippen LogP contribution in [0.3, 0.4) is 0 Å². The van der Waals surface area contributed by atoms with E-state index < -0.39 is 5.91 Å². The Balaban J connectivity index is 2.44. The lowest BCUT2D eigenvalue weighted by molar-refractivity contribution is 0.0965. The first-order valence-corrected chi connectivity index (χ1v) is 7.37. The second kappa shape index (κ2) is 6.01. The Labute approximate surface area is 126 Å². The van der Waals surface area contributed by atoms with Crippen molar-refractivity contribution in [3.05, 3.63) is 35.6 Å². The summed E-state index contributed by atoms with van der Waals surface area (Å²) in [5, 5.41) is 11.9. The van der Waals surface area contributed by atoms with E-state index in [-0.39, 0.29) is 5.76 Å². The smallest absolute Gasteiger partial charge is 0.287 e. The third-order valence-electron chi connectivity index (χ3n) is 2.95. The van der Waals surface area contributed by atoms with Crippen LogP contribution in [-0.2, 0) is 0 Å². The van der Waals surface area contributed by atoms with Crippen LogP contribution in [0.25, 0.3) is 11.3 Å². The Morgan fingerprint density at radius 2 is 2.10 bits per heavy atom. The molecule has 7 heteroatoms. The van der Waals surface area contributed by atoms with E-state index in [1.54, 1.807) is 4.90 Å². The normalized spacial score (nSPS) is 10.4. The van der Waals surface area contributed by atoms with E-state index in [0.29, 0.717) is 11.5 Å². The van der Waals surface area contributed by atoms with Gasteiger partial charge < -0.3 is 15.2 Å². The van der Waals surface area contributed by atoms with Gasteiger partial charge in [-0.25, -0.2) is 0 Å². The number of amidine groups is 1. The Morgan fingerprint density at radius 1 is 1.38 bits per heavy atom. The molecule has 2 rings (SSSR count). The first-order valence-electron chi connectivity index (χ1n) is 6.15. The first-order chi connectivity index (χ1) is 9.93. The van der Waals surface area contributed by atoms with Gasteiger partial charge in [-0.3, -0.25) is 10.2 Å². The van der Waals surface area contributed by atoms with Crippen molar-refractivity contribution in [3.63, 3.8) is 0 Å². The SMILES string of the molecule is CSc1cc(C(=N)N(C)C)ccc1-c1cc(C(N)=O)on1. The molecule has 0 fully saturated rings. The molecule has 0 saturated heterocycles. The van der Waals surface area contributed by atoms with Gasteiger partial charge in [0.05, 0.1) is 0 Å². The highest BCUT2D eigenvalue weighted by Gasteiger charge is 2.15. The zero-order valence-electron chi connectivity index (χ0n) is 12.0. The maximum absolute atomic E-state index is 11.1. The number of nitrogens with zero attached hydrogens (tertiary/aromatic N) is 2. The number of hydrogen-bond donors (Lipinski definition) is 2. The second-order valence-corrected chi connectivity index (χ2v) is 5.45. The highest BCUT2D eigenvalue weighted by Crippen LogP contribution is 2.31. The molecule has 1 amide bonds. The van der Waals surface area contributed by atoms with Gasteiger partial charge in [-0.1, -0.05) is 17.3 Å². The lowest BCUT2D eigenvalue weighted by atomic mass is 10.1. The Morgan fingerprint density at radius 3 is 2.62 bits per heavy atom. The van der Waals surface area contributed by atoms with Crippen LogP contribution in [0.2, 0.25) is 0 Å². The summed E-state index contributed by atoms with van der Waals surface area (Å²) >= 11 is 1.54. The summed E-state index contributed by atoms with van der Waals surface area (Å²) in [6.07, 6.45) is 1.94. The van der Waals surface area contributed by atoms with Crippen molar-refractivity contribution < 1.29 is 9.32 Å². The predicted molar refractivity (Wildman–Crippen MR) is 82.8 cm³/mol. The van der Waals surface area contributed by atoms with Crippen LogP contribution in [0.5, 0.6) is 0 Å². The topological polar surface area (TPSA) is 96.2 Å². The van der Waals surface area contributed by atoms with Crippen LogP contribution >= 0.6 is 11.8 Å². The van der Waals surface area contributed by atoms with Crippen LogP contribution in [0.4, 0.5) is 0 Å². The Hall–Kier alpha value is -2.28. The van der Waals surface area contributed by atoms with Crippen molar-refractivity contribution in [2.24, 2.45) is 5.73 Å². The fourth-order valence-electron chi connectivity index (χ4n) is 1.83. The highest BCUT2D eigenvalue weighted by molar-refractivity contribution is 7.98. The van der Waals surface area contributed by atoms with E-state index in [2.05, 4.69) is 5.16 Å². The zero-order valence-corrected chi connectivity index (χ0v) is 12.8. The summed E-state index contributed by atoms with van der Waals surface area (Å²) in [6.45, 7) is 0. The van der Waals surface area contributed by atoms with Crippen LogP contribution in [-0.4, -0.2) is 42.2 Å². The fourth-order valence-corrected chi connectivity index (χ4v) is 2.46. The molecule has 0 aliphatic carbocycles. The van der Waals surface area contributed by atoms with Gasteiger partial charge >= 0.3 is 0 Å². The third kappa shape index (κ3) is 3.08. The predicted octanol–water partition coefficient (Wildman–Crippen LogP) is 2.05. The minimum Gasteiger partial charge on any atom is -0.363 e. The minimum atomic E-state index is -0.648. The zero-order chi connectivity index (χ0) is 15.6. The molecule has 0 bridgehead atoms. The number of primary amides is 1. The third-order valence-corrected chi connectivity index (χ3v) is 3.73. The molecule has 2 aromatic rings. The summed E-state index contributed by atoms with van der Waals surface area (Å²) < 4.78 is 4.91. The number of hydrogen-bond acceptors (Lipinski definition) is 5. The molecule has 3 N–H and O–H groups in total. The van der Waals surface area contributed by atoms with E-state index in [1.165, 1.54) is 17.8 Å². The maximum atomic E-state index is 11.1. The van der Waals surface area contributed by atoms with Crippen molar-refractivity contribution in [3.8, 4) is 11.3 Å². The Kier molecular flexibility index (Phi) is 4.32. The number of carbonyl (C=O) groups is 1. The van der Waals surface area contributed by atoms with Gasteiger partial charge in [-0.05, 0) is 12.3 Å². The number of benzene rings is 1. The molecule has 1 aromatic carbocycles. The lowest BCUT2D eigenvalue weighted by Crippen LogP contribution is -2.21. The van der Waals surface area contributed by atoms with Gasteiger partial charge in [0, 0.05) is 36.2 Å². The number of thioether (sulfide) groups is 1. The van der Waals surface area contributed by atoms with Crippen molar-refractivity contribution >= 4 is 23.5 Å². The molecule has 0 spiro atoms. The molecule has 0 aliphatic heterocycles. The van der Waals surface area contributed by atoms with Crippen LogP contribution in [0.1, 0.15) is 16.1 Å². The molecule has 0 radical (unpaired) electrons. The lowest BCUT2D eigenvalue weighted by Gasteiger charge is -2.15. The molecular formula is C14H16N4O2S. The van der Waals surface area contributed by atoms with E-state index >= 15 is 0 Å². The molecular weight excluding hydrogens is 288 g/mol. The standard InChI is InChI=1S/C14H16N4O2S/c1-18(2)13(15)8-4-5-9(12(6-8)21-3)10-7-11(14(16)19)20-17-10/h4-7,15H,1-3H3,(H2,16,19). The monoisotopic (exact) mass is 304 g/mol. The minimum absolute atomic E-state index is 0.0298. The second-order valence-electron chi connectivity index (χ2n) is 4.60. The van der Waals surface area contributed by atoms with Gasteiger partial charge in [-0.15, -0.1) is 11.8 Å². The number of aromatic nitrogens is 1. The van der Waals surface area contributed by atoms with Gasteiger partial charge in [0.1, 0.15) is 11.5 Å². The van der Waals surface area contributed by atoms with Crippen molar-refractivity contribution in [2.45, 2.75) is 4.90 Å². The number of nitrogens with one attached hydrogen (secondary N) is 1. The summed E-state index contributed by atoms with van der Waals surface area (Å²) in [5.74, 6) is -0.192. The summed E-state index contributed by atoms with van der Waals surface area (Å²) in [5.41, 5.74) is 7.37. The van der Waals surface area contributed by atoms with E-state index in [1.807, 2.05) is 38.6 Å². The van der Waals surface area contributed by atoms with Crippen molar-refractivity contribution in [2.75, 3.05) is 20.4 Å². The van der Waals surface area contributed by atoms with Crippen LogP contribution < -0.4 is 5.73 Å². The quantitative estimate of drug-likeness (QED) is 0.512. The van der Waals surface area contributed by atoms with Crippen molar-refractivity contribution in [1.29, 1.82) is 5.41 Å². The first kappa shape index (κ1) is 15.1. The Bertz CT molecular complexity index is 694. The molecule has 0 saturated carbocycles. The van der Waals surface area contributed by atoms with Gasteiger partial charge in [0.25, 0.3) is 5.91 Å². The van der Waals surface area contributed by atoms with E-state index in [9.17, 15) is 4.79 Å². The summed E-state index contributed by atoms with van der Waals surface area (Å²) in [6, 6.07) is 7.15. The molecule has 1 aromatic heterocycles. The molecule has 110 valence electrons. The molecule has 1 heterocycles. The van der Waals surface area contributed by atoms with Gasteiger partial charge in [-0.2, -0.15) is 0 Å². The van der Waals surface area contributed by atoms with E-state index in [4.69, 9.17) is 15.7 Å². The fraction of sp³-hybridized carbons (Fsp3) is 0.214. The molecule has 0 atom stereocenters. The average molecular weight is 304 g/mol. The van der Waals surface area contributed by atoms with Crippen molar-refractivity contribution in [1.82, 2.24) is 10.1 Å². The average Bonchev–Trinajstić information content (AvgIpc) is 2.95. The van der Waals surface area contributed by atoms with E-state index in [0.717, 1.165) is 16.0 Å². The molecule has 0 unspecified atom stereocenters. The summed E-state index contributed by atoms with van der Waals surface area (Å²) in [7, 11) is 3.65. The van der Waals surface area contributed by atoms with Gasteiger partial charge in [0.15, 0.2) is 0 Å².